The lowest BCUT2D eigenvalue weighted by Gasteiger charge is -2.26. The van der Waals surface area contributed by atoms with Gasteiger partial charge in [-0.25, -0.2) is 14.8 Å². The van der Waals surface area contributed by atoms with E-state index in [1.54, 1.807) is 0 Å². The summed E-state index contributed by atoms with van der Waals surface area (Å²) in [6.45, 7) is 5.14. The predicted molar refractivity (Wildman–Crippen MR) is 119 cm³/mol. The fourth-order valence-electron chi connectivity index (χ4n) is 3.59. The van der Waals surface area contributed by atoms with E-state index >= 15 is 0 Å². The van der Waals surface area contributed by atoms with Crippen LogP contribution in [0, 0.1) is 5.92 Å². The highest BCUT2D eigenvalue weighted by molar-refractivity contribution is 9.10. The Morgan fingerprint density at radius 3 is 2.59 bits per heavy atom. The summed E-state index contributed by atoms with van der Waals surface area (Å²) in [6, 6.07) is 8.31. The van der Waals surface area contributed by atoms with Crippen LogP contribution in [0.1, 0.15) is 37.0 Å². The standard InChI is InChI=1S/C22H27BrN5O/c1-14(2)11-24-20-21-25-12-18(27(21)13-19(23)26-20)15-5-7-16(8-6-15)22(29)28(3,4)17-9-10-17/h5-8,12-14,17H,9-11H2,1-4H3,(H,24,26)/q+1. The molecule has 2 aromatic heterocycles. The maximum Gasteiger partial charge on any atom is 0.345 e. The van der Waals surface area contributed by atoms with E-state index in [-0.39, 0.29) is 5.91 Å². The number of carbonyl (C=O) groups excluding carboxylic acids is 1. The van der Waals surface area contributed by atoms with Gasteiger partial charge in [-0.3, -0.25) is 8.88 Å². The van der Waals surface area contributed by atoms with Crippen LogP contribution in [0.5, 0.6) is 0 Å². The van der Waals surface area contributed by atoms with E-state index in [0.29, 0.717) is 16.4 Å². The van der Waals surface area contributed by atoms with Gasteiger partial charge in [0, 0.05) is 31.1 Å². The highest BCUT2D eigenvalue weighted by atomic mass is 79.9. The Kier molecular flexibility index (Phi) is 5.21. The van der Waals surface area contributed by atoms with Gasteiger partial charge >= 0.3 is 5.91 Å². The molecule has 1 aliphatic rings. The van der Waals surface area contributed by atoms with Crippen molar-refractivity contribution < 1.29 is 9.28 Å². The molecule has 0 atom stereocenters. The third-order valence-corrected chi connectivity index (χ3v) is 5.93. The van der Waals surface area contributed by atoms with Gasteiger partial charge in [0.15, 0.2) is 11.5 Å². The first kappa shape index (κ1) is 20.0. The summed E-state index contributed by atoms with van der Waals surface area (Å²) < 4.78 is 3.20. The minimum Gasteiger partial charge on any atom is -0.367 e. The molecule has 0 aliphatic heterocycles. The number of hydrogen-bond donors (Lipinski definition) is 1. The average Bonchev–Trinajstić information content (AvgIpc) is 3.47. The van der Waals surface area contributed by atoms with Crippen molar-refractivity contribution in [2.75, 3.05) is 26.0 Å². The number of anilines is 1. The molecule has 2 heterocycles. The van der Waals surface area contributed by atoms with Gasteiger partial charge in [0.1, 0.15) is 4.60 Å². The quantitative estimate of drug-likeness (QED) is 0.550. The lowest BCUT2D eigenvalue weighted by molar-refractivity contribution is -0.819. The van der Waals surface area contributed by atoms with E-state index in [4.69, 9.17) is 0 Å². The molecule has 1 fully saturated rings. The normalized spacial score (nSPS) is 14.6. The fourth-order valence-corrected chi connectivity index (χ4v) is 3.98. The highest BCUT2D eigenvalue weighted by Gasteiger charge is 2.44. The number of aromatic nitrogens is 3. The Labute approximate surface area is 179 Å². The van der Waals surface area contributed by atoms with Gasteiger partial charge in [-0.1, -0.05) is 26.0 Å². The largest absolute Gasteiger partial charge is 0.367 e. The number of rotatable bonds is 6. The molecule has 1 aliphatic carbocycles. The van der Waals surface area contributed by atoms with Crippen LogP contribution in [-0.4, -0.2) is 51.4 Å². The van der Waals surface area contributed by atoms with Crippen LogP contribution in [0.15, 0.2) is 41.3 Å². The van der Waals surface area contributed by atoms with Crippen LogP contribution < -0.4 is 5.32 Å². The third-order valence-electron chi connectivity index (χ3n) is 5.55. The van der Waals surface area contributed by atoms with E-state index in [1.165, 1.54) is 0 Å². The number of imidazole rings is 1. The zero-order valence-corrected chi connectivity index (χ0v) is 18.9. The second kappa shape index (κ2) is 7.54. The van der Waals surface area contributed by atoms with Gasteiger partial charge < -0.3 is 5.32 Å². The van der Waals surface area contributed by atoms with E-state index < -0.39 is 0 Å². The minimum atomic E-state index is 0.171. The predicted octanol–water partition coefficient (Wildman–Crippen LogP) is 4.61. The Balaban J connectivity index is 1.65. The molecule has 1 aromatic carbocycles. The zero-order valence-electron chi connectivity index (χ0n) is 17.3. The molecule has 29 heavy (non-hydrogen) atoms. The maximum atomic E-state index is 12.9. The van der Waals surface area contributed by atoms with Gasteiger partial charge in [0.05, 0.1) is 37.6 Å². The number of benzene rings is 1. The smallest absolute Gasteiger partial charge is 0.345 e. The number of halogens is 1. The van der Waals surface area contributed by atoms with Crippen molar-refractivity contribution in [2.45, 2.75) is 32.7 Å². The molecule has 0 radical (unpaired) electrons. The highest BCUT2D eigenvalue weighted by Crippen LogP contribution is 2.33. The topological polar surface area (TPSA) is 59.3 Å². The molecule has 1 saturated carbocycles. The molecule has 152 valence electrons. The van der Waals surface area contributed by atoms with Crippen molar-refractivity contribution in [1.29, 1.82) is 0 Å². The van der Waals surface area contributed by atoms with Gasteiger partial charge in [0.25, 0.3) is 0 Å². The molecular weight excluding hydrogens is 430 g/mol. The van der Waals surface area contributed by atoms with Crippen LogP contribution in [0.3, 0.4) is 0 Å². The number of quaternary nitrogens is 1. The zero-order chi connectivity index (χ0) is 20.8. The Morgan fingerprint density at radius 1 is 1.28 bits per heavy atom. The van der Waals surface area contributed by atoms with Crippen molar-refractivity contribution in [1.82, 2.24) is 14.4 Å². The number of fused-ring (bicyclic) bond motifs is 1. The molecule has 0 bridgehead atoms. The van der Waals surface area contributed by atoms with Crippen LogP contribution in [0.25, 0.3) is 16.9 Å². The molecule has 3 aromatic rings. The Morgan fingerprint density at radius 2 is 1.97 bits per heavy atom. The summed E-state index contributed by atoms with van der Waals surface area (Å²) in [5.41, 5.74) is 3.52. The summed E-state index contributed by atoms with van der Waals surface area (Å²) >= 11 is 3.51. The first-order chi connectivity index (χ1) is 13.8. The first-order valence-electron chi connectivity index (χ1n) is 10.0. The van der Waals surface area contributed by atoms with E-state index in [9.17, 15) is 4.79 Å². The lowest BCUT2D eigenvalue weighted by atomic mass is 10.1. The Bertz CT molecular complexity index is 1050. The SMILES string of the molecule is CC(C)CNc1nc(Br)cn2c(-c3ccc(C(=O)[N+](C)(C)C4CC4)cc3)cnc12. The lowest BCUT2D eigenvalue weighted by Crippen LogP contribution is -2.47. The second-order valence-corrected chi connectivity index (χ2v) is 9.49. The number of nitrogens with one attached hydrogen (secondary N) is 1. The molecule has 7 heteroatoms. The molecule has 1 N–H and O–H groups in total. The minimum absolute atomic E-state index is 0.171. The van der Waals surface area contributed by atoms with Crippen LogP contribution >= 0.6 is 15.9 Å². The summed E-state index contributed by atoms with van der Waals surface area (Å²) in [7, 11) is 4.02. The number of hydrogen-bond acceptors (Lipinski definition) is 4. The van der Waals surface area contributed by atoms with Gasteiger partial charge in [0.2, 0.25) is 0 Å². The summed E-state index contributed by atoms with van der Waals surface area (Å²) in [5, 5.41) is 3.38. The van der Waals surface area contributed by atoms with E-state index in [2.05, 4.69) is 45.1 Å². The van der Waals surface area contributed by atoms with Crippen molar-refractivity contribution >= 4 is 33.3 Å². The van der Waals surface area contributed by atoms with Crippen molar-refractivity contribution in [3.8, 4) is 11.3 Å². The van der Waals surface area contributed by atoms with Gasteiger partial charge in [-0.05, 0) is 34.0 Å². The van der Waals surface area contributed by atoms with Crippen molar-refractivity contribution in [2.24, 2.45) is 5.92 Å². The average molecular weight is 457 g/mol. The summed E-state index contributed by atoms with van der Waals surface area (Å²) in [4.78, 5) is 22.0. The molecule has 0 saturated heterocycles. The second-order valence-electron chi connectivity index (χ2n) is 8.68. The van der Waals surface area contributed by atoms with Crippen molar-refractivity contribution in [3.63, 3.8) is 0 Å². The van der Waals surface area contributed by atoms with Crippen molar-refractivity contribution in [3.05, 3.63) is 46.8 Å². The molecular formula is C22H27BrN5O+. The maximum absolute atomic E-state index is 12.9. The molecule has 0 unspecified atom stereocenters. The van der Waals surface area contributed by atoms with Crippen LogP contribution in [0.4, 0.5) is 5.82 Å². The number of carbonyl (C=O) groups is 1. The molecule has 1 amide bonds. The van der Waals surface area contributed by atoms with Gasteiger partial charge in [-0.2, -0.15) is 0 Å². The Hall–Kier alpha value is -2.25. The van der Waals surface area contributed by atoms with Gasteiger partial charge in [-0.15, -0.1) is 0 Å². The molecule has 4 rings (SSSR count). The number of nitrogens with zero attached hydrogens (tertiary/aromatic N) is 4. The van der Waals surface area contributed by atoms with E-state index in [1.807, 2.05) is 55.2 Å². The fraction of sp³-hybridized carbons (Fsp3) is 0.409. The number of amides is 1. The summed E-state index contributed by atoms with van der Waals surface area (Å²) in [6.07, 6.45) is 6.04. The van der Waals surface area contributed by atoms with E-state index in [0.717, 1.165) is 52.3 Å². The van der Waals surface area contributed by atoms with Crippen LogP contribution in [0.2, 0.25) is 0 Å². The molecule has 6 nitrogen and oxygen atoms in total. The monoisotopic (exact) mass is 456 g/mol. The first-order valence-corrected chi connectivity index (χ1v) is 10.8. The summed E-state index contributed by atoms with van der Waals surface area (Å²) in [5.74, 6) is 1.44. The van der Waals surface area contributed by atoms with Crippen LogP contribution in [-0.2, 0) is 0 Å². The molecule has 0 spiro atoms. The third kappa shape index (κ3) is 3.94.